The molecule has 0 fully saturated rings. The Kier molecular flexibility index (Phi) is 7.35. The lowest BCUT2D eigenvalue weighted by molar-refractivity contribution is -0.129. The van der Waals surface area contributed by atoms with E-state index in [0.29, 0.717) is 17.4 Å². The number of hydrogen-bond donors (Lipinski definition) is 1. The van der Waals surface area contributed by atoms with Crippen LogP contribution in [-0.4, -0.2) is 21.8 Å². The van der Waals surface area contributed by atoms with Crippen molar-refractivity contribution in [3.05, 3.63) is 108 Å². The normalized spacial score (nSPS) is 11.3. The van der Waals surface area contributed by atoms with Gasteiger partial charge in [-0.2, -0.15) is 0 Å². The topological polar surface area (TPSA) is 94.2 Å². The quantitative estimate of drug-likeness (QED) is 0.253. The Labute approximate surface area is 197 Å². The highest BCUT2D eigenvalue weighted by Crippen LogP contribution is 2.23. The molecule has 3 aromatic carbocycles. The molecule has 7 heteroatoms. The summed E-state index contributed by atoms with van der Waals surface area (Å²) >= 11 is 0. The van der Waals surface area contributed by atoms with Gasteiger partial charge in [0, 0.05) is 12.0 Å². The first-order valence-corrected chi connectivity index (χ1v) is 10.8. The molecule has 0 saturated carbocycles. The van der Waals surface area contributed by atoms with Gasteiger partial charge >= 0.3 is 5.97 Å². The minimum atomic E-state index is -1.11. The third-order valence-electron chi connectivity index (χ3n) is 5.08. The van der Waals surface area contributed by atoms with E-state index in [9.17, 15) is 9.90 Å². The third kappa shape index (κ3) is 6.10. The summed E-state index contributed by atoms with van der Waals surface area (Å²) in [6, 6.07) is 26.3. The fraction of sp³-hybridized carbons (Fsp3) is 0.148. The Morgan fingerprint density at radius 3 is 2.26 bits per heavy atom. The van der Waals surface area contributed by atoms with Gasteiger partial charge in [-0.05, 0) is 42.3 Å². The lowest BCUT2D eigenvalue weighted by Crippen LogP contribution is -2.16. The van der Waals surface area contributed by atoms with Crippen LogP contribution in [0.3, 0.4) is 0 Å². The first-order valence-electron chi connectivity index (χ1n) is 10.8. The van der Waals surface area contributed by atoms with Gasteiger partial charge in [0.15, 0.2) is 5.71 Å². The van der Waals surface area contributed by atoms with E-state index < -0.39 is 5.97 Å². The number of nitrogens with zero attached hydrogens (tertiary/aromatic N) is 2. The number of aryl methyl sites for hydroxylation is 1. The maximum absolute atomic E-state index is 11.4. The molecule has 0 bridgehead atoms. The maximum atomic E-state index is 11.4. The van der Waals surface area contributed by atoms with Crippen molar-refractivity contribution < 1.29 is 23.9 Å². The summed E-state index contributed by atoms with van der Waals surface area (Å²) < 4.78 is 11.6. The lowest BCUT2D eigenvalue weighted by atomic mass is 10.1. The van der Waals surface area contributed by atoms with Gasteiger partial charge in [-0.15, -0.1) is 0 Å². The molecule has 1 heterocycles. The molecule has 4 aromatic rings. The maximum Gasteiger partial charge on any atom is 0.354 e. The van der Waals surface area contributed by atoms with Gasteiger partial charge in [0.25, 0.3) is 0 Å². The van der Waals surface area contributed by atoms with E-state index >= 15 is 0 Å². The molecule has 0 atom stereocenters. The molecule has 0 unspecified atom stereocenters. The van der Waals surface area contributed by atoms with E-state index in [0.717, 1.165) is 22.4 Å². The summed E-state index contributed by atoms with van der Waals surface area (Å²) in [5, 5.41) is 13.2. The van der Waals surface area contributed by atoms with Crippen LogP contribution in [0, 0.1) is 6.92 Å². The molecule has 1 aromatic heterocycles. The average molecular weight is 456 g/mol. The summed E-state index contributed by atoms with van der Waals surface area (Å²) in [7, 11) is 0. The highest BCUT2D eigenvalue weighted by molar-refractivity contribution is 6.35. The Morgan fingerprint density at radius 2 is 1.59 bits per heavy atom. The Hall–Kier alpha value is -4.39. The van der Waals surface area contributed by atoms with Gasteiger partial charge < -0.3 is 19.1 Å². The Bertz CT molecular complexity index is 1250. The van der Waals surface area contributed by atoms with Crippen LogP contribution in [0.15, 0.2) is 94.5 Å². The number of oxime groups is 1. The minimum Gasteiger partial charge on any atom is -0.487 e. The van der Waals surface area contributed by atoms with E-state index in [1.165, 1.54) is 0 Å². The summed E-state index contributed by atoms with van der Waals surface area (Å²) in [5.74, 6) is 0.849. The molecule has 0 amide bonds. The second-order valence-electron chi connectivity index (χ2n) is 7.60. The van der Waals surface area contributed by atoms with Crippen LogP contribution < -0.4 is 4.74 Å². The zero-order chi connectivity index (χ0) is 23.8. The molecule has 4 rings (SSSR count). The molecule has 0 saturated heterocycles. The highest BCUT2D eigenvalue weighted by Gasteiger charge is 2.13. The van der Waals surface area contributed by atoms with Gasteiger partial charge in [0.1, 0.15) is 30.4 Å². The van der Waals surface area contributed by atoms with Gasteiger partial charge in [-0.25, -0.2) is 9.78 Å². The van der Waals surface area contributed by atoms with Crippen molar-refractivity contribution in [2.24, 2.45) is 5.16 Å². The van der Waals surface area contributed by atoms with Crippen LogP contribution in [0.5, 0.6) is 5.75 Å². The molecule has 0 aliphatic carbocycles. The first kappa shape index (κ1) is 22.8. The number of aliphatic carboxylic acids is 1. The monoisotopic (exact) mass is 456 g/mol. The molecule has 0 aliphatic rings. The second-order valence-corrected chi connectivity index (χ2v) is 7.60. The predicted molar refractivity (Wildman–Crippen MR) is 127 cm³/mol. The molecule has 0 radical (unpaired) electrons. The van der Waals surface area contributed by atoms with Crippen LogP contribution in [0.25, 0.3) is 11.5 Å². The summed E-state index contributed by atoms with van der Waals surface area (Å²) in [4.78, 5) is 21.3. The second kappa shape index (κ2) is 11.0. The smallest absolute Gasteiger partial charge is 0.354 e. The molecular weight excluding hydrogens is 432 g/mol. The number of ether oxygens (including phenoxy) is 1. The van der Waals surface area contributed by atoms with Crippen LogP contribution in [0.1, 0.15) is 22.6 Å². The van der Waals surface area contributed by atoms with Crippen molar-refractivity contribution >= 4 is 11.7 Å². The molecule has 1 N–H and O–H groups in total. The van der Waals surface area contributed by atoms with E-state index in [1.54, 1.807) is 0 Å². The first-order chi connectivity index (χ1) is 16.6. The number of carboxylic acid groups (broad SMARTS) is 1. The highest BCUT2D eigenvalue weighted by atomic mass is 16.6. The summed E-state index contributed by atoms with van der Waals surface area (Å²) in [6.45, 7) is 2.29. The van der Waals surface area contributed by atoms with E-state index in [-0.39, 0.29) is 25.3 Å². The van der Waals surface area contributed by atoms with Crippen molar-refractivity contribution in [2.75, 3.05) is 0 Å². The zero-order valence-corrected chi connectivity index (χ0v) is 18.7. The summed E-state index contributed by atoms with van der Waals surface area (Å²) in [6.07, 6.45) is 0.191. The molecule has 7 nitrogen and oxygen atoms in total. The van der Waals surface area contributed by atoms with Gasteiger partial charge in [-0.3, -0.25) is 0 Å². The van der Waals surface area contributed by atoms with Crippen molar-refractivity contribution in [1.82, 2.24) is 4.98 Å². The number of carbonyl (C=O) groups is 1. The fourth-order valence-electron chi connectivity index (χ4n) is 3.22. The number of oxazole rings is 1. The van der Waals surface area contributed by atoms with Crippen molar-refractivity contribution in [3.63, 3.8) is 0 Å². The van der Waals surface area contributed by atoms with E-state index in [2.05, 4.69) is 10.1 Å². The predicted octanol–water partition coefficient (Wildman–Crippen LogP) is 5.43. The summed E-state index contributed by atoms with van der Waals surface area (Å²) in [5.41, 5.74) is 3.29. The Balaban J connectivity index is 1.31. The molecule has 0 spiro atoms. The number of aromatic nitrogens is 1. The van der Waals surface area contributed by atoms with Gasteiger partial charge in [0.2, 0.25) is 5.89 Å². The van der Waals surface area contributed by atoms with Crippen molar-refractivity contribution in [2.45, 2.75) is 26.6 Å². The standard InChI is InChI=1S/C27H24N2O5/c1-19-25(28-26(34-19)22-10-6-3-7-11-22)18-32-23-14-12-21(13-15-23)17-33-29-24(27(30)31)16-20-8-4-2-5-9-20/h2-15H,16-18H2,1H3,(H,30,31)/b29-24+. The van der Waals surface area contributed by atoms with Crippen molar-refractivity contribution in [3.8, 4) is 17.2 Å². The lowest BCUT2D eigenvalue weighted by Gasteiger charge is -2.06. The number of benzene rings is 3. The largest absolute Gasteiger partial charge is 0.487 e. The van der Waals surface area contributed by atoms with Crippen LogP contribution >= 0.6 is 0 Å². The zero-order valence-electron chi connectivity index (χ0n) is 18.7. The fourth-order valence-corrected chi connectivity index (χ4v) is 3.22. The number of hydrogen-bond acceptors (Lipinski definition) is 6. The van der Waals surface area contributed by atoms with Crippen LogP contribution in [-0.2, 0) is 29.3 Å². The molecular formula is C27H24N2O5. The Morgan fingerprint density at radius 1 is 0.912 bits per heavy atom. The van der Waals surface area contributed by atoms with E-state index in [1.807, 2.05) is 91.9 Å². The van der Waals surface area contributed by atoms with Crippen LogP contribution in [0.4, 0.5) is 0 Å². The SMILES string of the molecule is Cc1oc(-c2ccccc2)nc1COc1ccc(CO/N=C(\Cc2ccccc2)C(=O)O)cc1. The molecule has 34 heavy (non-hydrogen) atoms. The average Bonchev–Trinajstić information content (AvgIpc) is 3.24. The van der Waals surface area contributed by atoms with Crippen LogP contribution in [0.2, 0.25) is 0 Å². The van der Waals surface area contributed by atoms with Crippen molar-refractivity contribution in [1.29, 1.82) is 0 Å². The number of rotatable bonds is 10. The molecule has 172 valence electrons. The van der Waals surface area contributed by atoms with E-state index in [4.69, 9.17) is 14.0 Å². The minimum absolute atomic E-state index is 0.0518. The van der Waals surface area contributed by atoms with Gasteiger partial charge in [0.05, 0.1) is 0 Å². The third-order valence-corrected chi connectivity index (χ3v) is 5.08. The van der Waals surface area contributed by atoms with Gasteiger partial charge in [-0.1, -0.05) is 65.8 Å². The molecule has 0 aliphatic heterocycles. The number of carboxylic acids is 1.